The molecule has 4 heteroatoms. The number of hydrogen-bond acceptors (Lipinski definition) is 3. The van der Waals surface area contributed by atoms with Gasteiger partial charge in [0.05, 0.1) is 12.3 Å². The molecule has 0 bridgehead atoms. The van der Waals surface area contributed by atoms with Crippen LogP contribution in [0.15, 0.2) is 41.0 Å². The molecule has 0 spiro atoms. The molecular weight excluding hydrogens is 236 g/mol. The number of aryl methyl sites for hydroxylation is 1. The van der Waals surface area contributed by atoms with E-state index >= 15 is 0 Å². The summed E-state index contributed by atoms with van der Waals surface area (Å²) in [6.07, 6.45) is 1.64. The highest BCUT2D eigenvalue weighted by molar-refractivity contribution is 6.31. The number of halogens is 1. The Morgan fingerprint density at radius 1 is 1.41 bits per heavy atom. The normalized spacial score (nSPS) is 12.4. The summed E-state index contributed by atoms with van der Waals surface area (Å²) < 4.78 is 5.34. The first-order valence-corrected chi connectivity index (χ1v) is 5.84. The molecule has 1 heterocycles. The Balaban J connectivity index is 2.16. The fourth-order valence-electron chi connectivity index (χ4n) is 1.62. The number of hydrogen-bond donors (Lipinski definition) is 2. The third-order valence-corrected chi connectivity index (χ3v) is 3.04. The van der Waals surface area contributed by atoms with Gasteiger partial charge in [0.1, 0.15) is 5.76 Å². The highest BCUT2D eigenvalue weighted by Gasteiger charge is 2.12. The molecule has 3 nitrogen and oxygen atoms in total. The lowest BCUT2D eigenvalue weighted by molar-refractivity contribution is 0.482. The van der Waals surface area contributed by atoms with Crippen LogP contribution < -0.4 is 11.1 Å². The van der Waals surface area contributed by atoms with Crippen molar-refractivity contribution in [1.82, 2.24) is 0 Å². The van der Waals surface area contributed by atoms with E-state index in [9.17, 15) is 0 Å². The van der Waals surface area contributed by atoms with Crippen molar-refractivity contribution in [2.45, 2.75) is 13.0 Å². The minimum Gasteiger partial charge on any atom is -0.467 e. The third kappa shape index (κ3) is 2.81. The van der Waals surface area contributed by atoms with Gasteiger partial charge in [-0.25, -0.2) is 0 Å². The van der Waals surface area contributed by atoms with Crippen molar-refractivity contribution in [3.8, 4) is 0 Å². The van der Waals surface area contributed by atoms with E-state index in [-0.39, 0.29) is 6.04 Å². The second-order valence-corrected chi connectivity index (χ2v) is 4.32. The first-order valence-electron chi connectivity index (χ1n) is 5.47. The van der Waals surface area contributed by atoms with E-state index in [1.165, 1.54) is 0 Å². The first kappa shape index (κ1) is 12.0. The van der Waals surface area contributed by atoms with E-state index < -0.39 is 0 Å². The van der Waals surface area contributed by atoms with Crippen molar-refractivity contribution >= 4 is 17.3 Å². The van der Waals surface area contributed by atoms with Crippen LogP contribution in [0.1, 0.15) is 17.4 Å². The summed E-state index contributed by atoms with van der Waals surface area (Å²) in [5.74, 6) is 0.823. The number of nitrogens with one attached hydrogen (secondary N) is 1. The van der Waals surface area contributed by atoms with Gasteiger partial charge in [0, 0.05) is 17.3 Å². The molecule has 2 rings (SSSR count). The van der Waals surface area contributed by atoms with E-state index in [1.54, 1.807) is 6.26 Å². The molecule has 1 aromatic heterocycles. The van der Waals surface area contributed by atoms with Gasteiger partial charge in [-0.05, 0) is 36.8 Å². The molecule has 0 aliphatic carbocycles. The minimum atomic E-state index is -0.0382. The van der Waals surface area contributed by atoms with Crippen LogP contribution in [-0.4, -0.2) is 6.54 Å². The average molecular weight is 251 g/mol. The standard InChI is InChI=1S/C13H15ClN2O/c1-9-4-5-10(7-11(9)14)16-12(8-15)13-3-2-6-17-13/h2-7,12,16H,8,15H2,1H3. The zero-order valence-electron chi connectivity index (χ0n) is 9.61. The molecule has 1 aromatic carbocycles. The average Bonchev–Trinajstić information content (AvgIpc) is 2.84. The summed E-state index contributed by atoms with van der Waals surface area (Å²) in [6.45, 7) is 2.43. The molecular formula is C13H15ClN2O. The lowest BCUT2D eigenvalue weighted by Gasteiger charge is -2.16. The van der Waals surface area contributed by atoms with Crippen molar-refractivity contribution in [1.29, 1.82) is 0 Å². The highest BCUT2D eigenvalue weighted by atomic mass is 35.5. The van der Waals surface area contributed by atoms with Crippen molar-refractivity contribution in [2.75, 3.05) is 11.9 Å². The van der Waals surface area contributed by atoms with E-state index in [0.717, 1.165) is 22.0 Å². The summed E-state index contributed by atoms with van der Waals surface area (Å²) in [6, 6.07) is 9.56. The Morgan fingerprint density at radius 3 is 2.82 bits per heavy atom. The molecule has 0 aliphatic heterocycles. The van der Waals surface area contributed by atoms with Gasteiger partial charge < -0.3 is 15.5 Å². The Morgan fingerprint density at radius 2 is 2.24 bits per heavy atom. The maximum absolute atomic E-state index is 6.07. The molecule has 0 saturated carbocycles. The fourth-order valence-corrected chi connectivity index (χ4v) is 1.80. The van der Waals surface area contributed by atoms with Crippen LogP contribution >= 0.6 is 11.6 Å². The van der Waals surface area contributed by atoms with E-state index in [2.05, 4.69) is 5.32 Å². The van der Waals surface area contributed by atoms with Gasteiger partial charge in [-0.15, -0.1) is 0 Å². The maximum atomic E-state index is 6.07. The zero-order valence-corrected chi connectivity index (χ0v) is 10.4. The molecule has 17 heavy (non-hydrogen) atoms. The van der Waals surface area contributed by atoms with Crippen LogP contribution in [-0.2, 0) is 0 Å². The second-order valence-electron chi connectivity index (χ2n) is 3.91. The van der Waals surface area contributed by atoms with Crippen molar-refractivity contribution in [3.05, 3.63) is 52.9 Å². The number of rotatable bonds is 4. The lowest BCUT2D eigenvalue weighted by atomic mass is 10.2. The lowest BCUT2D eigenvalue weighted by Crippen LogP contribution is -2.20. The molecule has 0 saturated heterocycles. The molecule has 0 amide bonds. The Bertz CT molecular complexity index is 482. The highest BCUT2D eigenvalue weighted by Crippen LogP contribution is 2.24. The zero-order chi connectivity index (χ0) is 12.3. The van der Waals surface area contributed by atoms with E-state index in [1.807, 2.05) is 37.3 Å². The number of anilines is 1. The molecule has 3 N–H and O–H groups in total. The van der Waals surface area contributed by atoms with Crippen LogP contribution in [0.3, 0.4) is 0 Å². The molecule has 90 valence electrons. The molecule has 0 aliphatic rings. The van der Waals surface area contributed by atoms with E-state index in [0.29, 0.717) is 6.54 Å². The summed E-state index contributed by atoms with van der Waals surface area (Å²) in [5, 5.41) is 4.04. The molecule has 1 atom stereocenters. The van der Waals surface area contributed by atoms with Crippen LogP contribution in [0, 0.1) is 6.92 Å². The molecule has 2 aromatic rings. The quantitative estimate of drug-likeness (QED) is 0.875. The van der Waals surface area contributed by atoms with Gasteiger partial charge in [0.15, 0.2) is 0 Å². The number of furan rings is 1. The van der Waals surface area contributed by atoms with Crippen molar-refractivity contribution in [2.24, 2.45) is 5.73 Å². The summed E-state index contributed by atoms with van der Waals surface area (Å²) >= 11 is 6.07. The van der Waals surface area contributed by atoms with Gasteiger partial charge >= 0.3 is 0 Å². The molecule has 0 fully saturated rings. The Hall–Kier alpha value is -1.45. The van der Waals surface area contributed by atoms with E-state index in [4.69, 9.17) is 21.8 Å². The largest absolute Gasteiger partial charge is 0.467 e. The Labute approximate surface area is 106 Å². The van der Waals surface area contributed by atoms with Crippen LogP contribution in [0.4, 0.5) is 5.69 Å². The second kappa shape index (κ2) is 5.25. The van der Waals surface area contributed by atoms with Gasteiger partial charge in [-0.2, -0.15) is 0 Å². The third-order valence-electron chi connectivity index (χ3n) is 2.64. The summed E-state index contributed by atoms with van der Waals surface area (Å²) in [7, 11) is 0. The smallest absolute Gasteiger partial charge is 0.127 e. The number of benzene rings is 1. The fraction of sp³-hybridized carbons (Fsp3) is 0.231. The number of nitrogens with two attached hydrogens (primary N) is 1. The molecule has 1 unspecified atom stereocenters. The van der Waals surface area contributed by atoms with Crippen molar-refractivity contribution < 1.29 is 4.42 Å². The summed E-state index contributed by atoms with van der Waals surface area (Å²) in [4.78, 5) is 0. The van der Waals surface area contributed by atoms with Gasteiger partial charge in [0.25, 0.3) is 0 Å². The minimum absolute atomic E-state index is 0.0382. The predicted molar refractivity (Wildman–Crippen MR) is 70.3 cm³/mol. The predicted octanol–water partition coefficient (Wildman–Crippen LogP) is 3.35. The van der Waals surface area contributed by atoms with Crippen molar-refractivity contribution in [3.63, 3.8) is 0 Å². The van der Waals surface area contributed by atoms with Crippen LogP contribution in [0.25, 0.3) is 0 Å². The first-order chi connectivity index (χ1) is 8.20. The topological polar surface area (TPSA) is 51.2 Å². The monoisotopic (exact) mass is 250 g/mol. The van der Waals surface area contributed by atoms with Crippen LogP contribution in [0.2, 0.25) is 5.02 Å². The Kier molecular flexibility index (Phi) is 3.71. The molecule has 0 radical (unpaired) electrons. The van der Waals surface area contributed by atoms with Gasteiger partial charge in [-0.1, -0.05) is 17.7 Å². The van der Waals surface area contributed by atoms with Gasteiger partial charge in [-0.3, -0.25) is 0 Å². The maximum Gasteiger partial charge on any atom is 0.127 e. The summed E-state index contributed by atoms with van der Waals surface area (Å²) in [5.41, 5.74) is 7.72. The van der Waals surface area contributed by atoms with Gasteiger partial charge in [0.2, 0.25) is 0 Å². The SMILES string of the molecule is Cc1ccc(NC(CN)c2ccco2)cc1Cl. The van der Waals surface area contributed by atoms with Crippen LogP contribution in [0.5, 0.6) is 0 Å².